The Kier molecular flexibility index (Phi) is 6.08. The number of alkyl halides is 1. The monoisotopic (exact) mass is 451 g/mol. The number of ether oxygens (including phenoxy) is 2. The Morgan fingerprint density at radius 1 is 1.31 bits per heavy atom. The molecule has 5 atom stereocenters. The standard InChI is InChI=1S/C21H30FN5O5/c1-13(18(28)29)5-4-6-14-21(3,30)20(2,22)19(32-14)27-12-25-15-16(23-11-24-17(15)27)26-7-9-31-10-8-26/h11-14,19,30H,4-10H2,1-3H3,(H,28,29)/t13?,14-,19+,20+,21-/m1/s1. The second-order valence-electron chi connectivity index (χ2n) is 8.99. The lowest BCUT2D eigenvalue weighted by molar-refractivity contribution is -0.141. The van der Waals surface area contributed by atoms with Crippen molar-refractivity contribution >= 4 is 23.0 Å². The van der Waals surface area contributed by atoms with Crippen LogP contribution in [0.4, 0.5) is 10.2 Å². The van der Waals surface area contributed by atoms with Crippen molar-refractivity contribution < 1.29 is 28.9 Å². The summed E-state index contributed by atoms with van der Waals surface area (Å²) in [5.74, 6) is -0.735. The average molecular weight is 451 g/mol. The number of carboxylic acid groups (broad SMARTS) is 1. The van der Waals surface area contributed by atoms with E-state index in [0.29, 0.717) is 62.5 Å². The van der Waals surface area contributed by atoms with Gasteiger partial charge in [-0.3, -0.25) is 9.36 Å². The lowest BCUT2D eigenvalue weighted by Crippen LogP contribution is -2.50. The quantitative estimate of drug-likeness (QED) is 0.650. The molecule has 176 valence electrons. The summed E-state index contributed by atoms with van der Waals surface area (Å²) >= 11 is 0. The van der Waals surface area contributed by atoms with Crippen molar-refractivity contribution in [3.63, 3.8) is 0 Å². The van der Waals surface area contributed by atoms with Gasteiger partial charge in [0, 0.05) is 13.1 Å². The van der Waals surface area contributed by atoms with Gasteiger partial charge < -0.3 is 24.6 Å². The van der Waals surface area contributed by atoms with Crippen LogP contribution < -0.4 is 4.90 Å². The molecule has 32 heavy (non-hydrogen) atoms. The van der Waals surface area contributed by atoms with Crippen LogP contribution in [0.5, 0.6) is 0 Å². The van der Waals surface area contributed by atoms with E-state index in [1.165, 1.54) is 31.1 Å². The van der Waals surface area contributed by atoms with Crippen molar-refractivity contribution in [2.24, 2.45) is 5.92 Å². The van der Waals surface area contributed by atoms with Gasteiger partial charge in [0.2, 0.25) is 0 Å². The molecule has 2 aromatic rings. The number of rotatable bonds is 7. The maximum Gasteiger partial charge on any atom is 0.306 e. The minimum Gasteiger partial charge on any atom is -0.481 e. The van der Waals surface area contributed by atoms with Crippen molar-refractivity contribution in [2.45, 2.75) is 63.6 Å². The third kappa shape index (κ3) is 3.82. The van der Waals surface area contributed by atoms with Crippen LogP contribution in [-0.2, 0) is 14.3 Å². The van der Waals surface area contributed by atoms with E-state index in [2.05, 4.69) is 19.9 Å². The van der Waals surface area contributed by atoms with E-state index in [-0.39, 0.29) is 0 Å². The third-order valence-corrected chi connectivity index (χ3v) is 6.80. The SMILES string of the molecule is CC(CCC[C@H]1O[C@H](n2cnc3c(N4CCOCC4)ncnc32)[C@](C)(F)[C@]1(C)O)C(=O)O. The summed E-state index contributed by atoms with van der Waals surface area (Å²) < 4.78 is 28.9. The predicted molar refractivity (Wildman–Crippen MR) is 113 cm³/mol. The van der Waals surface area contributed by atoms with E-state index in [1.807, 2.05) is 0 Å². The fourth-order valence-electron chi connectivity index (χ4n) is 4.41. The first-order valence-electron chi connectivity index (χ1n) is 10.9. The molecule has 2 fully saturated rings. The van der Waals surface area contributed by atoms with Crippen molar-refractivity contribution in [1.29, 1.82) is 0 Å². The van der Waals surface area contributed by atoms with Gasteiger partial charge in [-0.15, -0.1) is 0 Å². The summed E-state index contributed by atoms with van der Waals surface area (Å²) in [4.78, 5) is 26.2. The number of morpholine rings is 1. The molecule has 4 rings (SSSR count). The van der Waals surface area contributed by atoms with Gasteiger partial charge in [0.1, 0.15) is 11.9 Å². The maximum atomic E-state index is 16.0. The van der Waals surface area contributed by atoms with Gasteiger partial charge in [0.05, 0.1) is 31.6 Å². The summed E-state index contributed by atoms with van der Waals surface area (Å²) in [7, 11) is 0. The van der Waals surface area contributed by atoms with Gasteiger partial charge >= 0.3 is 5.97 Å². The number of imidazole rings is 1. The molecular formula is C21H30FN5O5. The van der Waals surface area contributed by atoms with Crippen molar-refractivity contribution in [3.05, 3.63) is 12.7 Å². The summed E-state index contributed by atoms with van der Waals surface area (Å²) in [5.41, 5.74) is -2.95. The first kappa shape index (κ1) is 22.8. The summed E-state index contributed by atoms with van der Waals surface area (Å²) in [6.45, 7) is 6.88. The van der Waals surface area contributed by atoms with E-state index in [9.17, 15) is 9.90 Å². The molecule has 2 saturated heterocycles. The first-order valence-corrected chi connectivity index (χ1v) is 10.9. The normalized spacial score (nSPS) is 31.8. The van der Waals surface area contributed by atoms with Crippen LogP contribution in [0.25, 0.3) is 11.2 Å². The van der Waals surface area contributed by atoms with Gasteiger partial charge in [-0.25, -0.2) is 19.3 Å². The molecule has 2 aromatic heterocycles. The number of aliphatic carboxylic acids is 1. The first-order chi connectivity index (χ1) is 15.1. The van der Waals surface area contributed by atoms with Crippen LogP contribution in [0.15, 0.2) is 12.7 Å². The fourth-order valence-corrected chi connectivity index (χ4v) is 4.41. The van der Waals surface area contributed by atoms with Crippen molar-refractivity contribution in [3.8, 4) is 0 Å². The molecule has 0 aliphatic carbocycles. The zero-order valence-electron chi connectivity index (χ0n) is 18.6. The highest BCUT2D eigenvalue weighted by Crippen LogP contribution is 2.50. The maximum absolute atomic E-state index is 16.0. The molecule has 0 radical (unpaired) electrons. The number of carboxylic acids is 1. The van der Waals surface area contributed by atoms with Gasteiger partial charge in [-0.05, 0) is 33.1 Å². The number of fused-ring (bicyclic) bond motifs is 1. The number of carbonyl (C=O) groups is 1. The lowest BCUT2D eigenvalue weighted by Gasteiger charge is -2.33. The molecular weight excluding hydrogens is 421 g/mol. The zero-order chi connectivity index (χ0) is 23.1. The number of hydrogen-bond donors (Lipinski definition) is 2. The molecule has 0 spiro atoms. The minimum absolute atomic E-state index is 0.335. The molecule has 2 aliphatic rings. The predicted octanol–water partition coefficient (Wildman–Crippen LogP) is 1.93. The Morgan fingerprint density at radius 3 is 2.72 bits per heavy atom. The number of nitrogens with zero attached hydrogens (tertiary/aromatic N) is 5. The highest BCUT2D eigenvalue weighted by Gasteiger charge is 2.62. The van der Waals surface area contributed by atoms with Crippen LogP contribution >= 0.6 is 0 Å². The Bertz CT molecular complexity index is 975. The number of anilines is 1. The Morgan fingerprint density at radius 2 is 2.03 bits per heavy atom. The Labute approximate surface area is 185 Å². The van der Waals surface area contributed by atoms with Crippen molar-refractivity contribution in [1.82, 2.24) is 19.5 Å². The zero-order valence-corrected chi connectivity index (χ0v) is 18.6. The lowest BCUT2D eigenvalue weighted by atomic mass is 9.82. The van der Waals surface area contributed by atoms with Crippen molar-refractivity contribution in [2.75, 3.05) is 31.2 Å². The third-order valence-electron chi connectivity index (χ3n) is 6.80. The number of hydrogen-bond acceptors (Lipinski definition) is 8. The number of halogens is 1. The topological polar surface area (TPSA) is 123 Å². The Hall–Kier alpha value is -2.37. The Balaban J connectivity index is 1.59. The summed E-state index contributed by atoms with van der Waals surface area (Å²) in [6.07, 6.45) is 2.18. The number of aliphatic hydroxyl groups is 1. The number of aromatic nitrogens is 4. The highest BCUT2D eigenvalue weighted by molar-refractivity contribution is 5.83. The summed E-state index contributed by atoms with van der Waals surface area (Å²) in [5, 5.41) is 20.1. The molecule has 0 saturated carbocycles. The fraction of sp³-hybridized carbons (Fsp3) is 0.714. The van der Waals surface area contributed by atoms with Crippen LogP contribution in [0.3, 0.4) is 0 Å². The second kappa shape index (κ2) is 8.53. The summed E-state index contributed by atoms with van der Waals surface area (Å²) in [6, 6.07) is 0. The van der Waals surface area contributed by atoms with Crippen LogP contribution in [0.1, 0.15) is 46.3 Å². The van der Waals surface area contributed by atoms with E-state index in [1.54, 1.807) is 6.92 Å². The molecule has 2 N–H and O–H groups in total. The highest BCUT2D eigenvalue weighted by atomic mass is 19.1. The van der Waals surface area contributed by atoms with Gasteiger partial charge in [-0.1, -0.05) is 6.92 Å². The van der Waals surface area contributed by atoms with Gasteiger partial charge in [-0.2, -0.15) is 0 Å². The van der Waals surface area contributed by atoms with Crippen LogP contribution in [0, 0.1) is 5.92 Å². The largest absolute Gasteiger partial charge is 0.481 e. The van der Waals surface area contributed by atoms with E-state index in [4.69, 9.17) is 14.6 Å². The molecule has 11 heteroatoms. The molecule has 4 heterocycles. The molecule has 2 aliphatic heterocycles. The average Bonchev–Trinajstić information content (AvgIpc) is 3.26. The molecule has 0 aromatic carbocycles. The molecule has 10 nitrogen and oxygen atoms in total. The van der Waals surface area contributed by atoms with Crippen LogP contribution in [-0.4, -0.2) is 79.4 Å². The second-order valence-corrected chi connectivity index (χ2v) is 8.99. The van der Waals surface area contributed by atoms with E-state index < -0.39 is 35.5 Å². The van der Waals surface area contributed by atoms with E-state index >= 15 is 4.39 Å². The molecule has 1 unspecified atom stereocenters. The van der Waals surface area contributed by atoms with Gasteiger partial charge in [0.25, 0.3) is 0 Å². The van der Waals surface area contributed by atoms with Crippen LogP contribution in [0.2, 0.25) is 0 Å². The molecule has 0 amide bonds. The smallest absolute Gasteiger partial charge is 0.306 e. The van der Waals surface area contributed by atoms with E-state index in [0.717, 1.165) is 0 Å². The minimum atomic E-state index is -2.13. The molecule has 0 bridgehead atoms. The van der Waals surface area contributed by atoms with Gasteiger partial charge in [0.15, 0.2) is 28.9 Å².